The first-order valence-electron chi connectivity index (χ1n) is 11.3. The molecule has 9 nitrogen and oxygen atoms in total. The number of amides is 2. The summed E-state index contributed by atoms with van der Waals surface area (Å²) in [5.41, 5.74) is 7.44. The summed E-state index contributed by atoms with van der Waals surface area (Å²) in [4.78, 5) is 27.7. The van der Waals surface area contributed by atoms with Crippen LogP contribution in [0.15, 0.2) is 36.8 Å². The van der Waals surface area contributed by atoms with Gasteiger partial charge in [-0.05, 0) is 36.4 Å². The molecule has 35 heavy (non-hydrogen) atoms. The fraction of sp³-hybridized carbons (Fsp3) is 0.417. The van der Waals surface area contributed by atoms with Crippen LogP contribution in [0.2, 0.25) is 0 Å². The summed E-state index contributed by atoms with van der Waals surface area (Å²) < 4.78 is 40.7. The SMILES string of the molecule is CC(C)(OC[C@@H]1CC(F)(F)C(=O)N1)Oc1ncc(-c2cnn(C3CC3)c2)c2cc(C(N)=O)ccc12. The van der Waals surface area contributed by atoms with Gasteiger partial charge >= 0.3 is 5.92 Å². The number of carbonyl (C=O) groups excluding carboxylic acids is 2. The molecule has 2 aromatic heterocycles. The van der Waals surface area contributed by atoms with Crippen molar-refractivity contribution in [3.8, 4) is 17.0 Å². The van der Waals surface area contributed by atoms with Gasteiger partial charge in [0.1, 0.15) is 0 Å². The Kier molecular flexibility index (Phi) is 5.47. The molecular weight excluding hydrogens is 460 g/mol. The topological polar surface area (TPSA) is 121 Å². The van der Waals surface area contributed by atoms with E-state index in [1.165, 1.54) is 0 Å². The summed E-state index contributed by atoms with van der Waals surface area (Å²) in [6, 6.07) is 4.55. The predicted octanol–water partition coefficient (Wildman–Crippen LogP) is 3.19. The summed E-state index contributed by atoms with van der Waals surface area (Å²) in [6.45, 7) is 3.10. The molecular formula is C24H25F2N5O4. The lowest BCUT2D eigenvalue weighted by Gasteiger charge is -2.28. The van der Waals surface area contributed by atoms with Gasteiger partial charge in [-0.1, -0.05) is 0 Å². The standard InChI is InChI=1S/C24H25F2N5O4/c1-23(2,34-12-15-8-24(25,26)22(33)30-15)35-21-17-6-3-13(20(27)32)7-18(17)19(10-28-21)14-9-29-31(11-14)16-4-5-16/h3,6-7,9-11,15-16H,4-5,8,12H2,1-2H3,(H2,27,32)(H,30,33)/t15-/m0/s1. The van der Waals surface area contributed by atoms with Crippen molar-refractivity contribution in [3.63, 3.8) is 0 Å². The number of ether oxygens (including phenoxy) is 2. The maximum atomic E-state index is 13.5. The van der Waals surface area contributed by atoms with E-state index in [0.717, 1.165) is 24.0 Å². The molecule has 184 valence electrons. The fourth-order valence-corrected chi connectivity index (χ4v) is 4.10. The van der Waals surface area contributed by atoms with Crippen molar-refractivity contribution in [2.75, 3.05) is 6.61 Å². The van der Waals surface area contributed by atoms with E-state index < -0.39 is 36.0 Å². The number of primary amides is 1. The Balaban J connectivity index is 1.42. The molecule has 3 aromatic rings. The number of benzene rings is 1. The summed E-state index contributed by atoms with van der Waals surface area (Å²) in [5.74, 6) is -6.28. The molecule has 2 fully saturated rings. The minimum absolute atomic E-state index is 0.156. The van der Waals surface area contributed by atoms with Crippen LogP contribution >= 0.6 is 0 Å². The van der Waals surface area contributed by atoms with Crippen molar-refractivity contribution in [1.29, 1.82) is 0 Å². The van der Waals surface area contributed by atoms with Crippen LogP contribution in [0.4, 0.5) is 8.78 Å². The highest BCUT2D eigenvalue weighted by molar-refractivity contribution is 6.04. The van der Waals surface area contributed by atoms with Gasteiger partial charge in [0.15, 0.2) is 0 Å². The van der Waals surface area contributed by atoms with E-state index in [1.54, 1.807) is 44.4 Å². The molecule has 1 aromatic carbocycles. The molecule has 5 rings (SSSR count). The third kappa shape index (κ3) is 4.68. The van der Waals surface area contributed by atoms with E-state index in [2.05, 4.69) is 15.4 Å². The second kappa shape index (κ2) is 8.26. The van der Waals surface area contributed by atoms with Crippen LogP contribution in [-0.4, -0.2) is 50.9 Å². The van der Waals surface area contributed by atoms with Crippen molar-refractivity contribution >= 4 is 22.6 Å². The Bertz CT molecular complexity index is 1320. The third-order valence-electron chi connectivity index (χ3n) is 6.11. The van der Waals surface area contributed by atoms with E-state index in [4.69, 9.17) is 15.2 Å². The summed E-state index contributed by atoms with van der Waals surface area (Å²) in [6.07, 6.45) is 6.88. The Morgan fingerprint density at radius 1 is 1.29 bits per heavy atom. The number of pyridine rings is 1. The number of rotatable bonds is 8. The fourth-order valence-electron chi connectivity index (χ4n) is 4.10. The van der Waals surface area contributed by atoms with Gasteiger partial charge in [0.25, 0.3) is 5.91 Å². The van der Waals surface area contributed by atoms with Crippen LogP contribution in [0.5, 0.6) is 5.88 Å². The lowest BCUT2D eigenvalue weighted by atomic mass is 10.0. The lowest BCUT2D eigenvalue weighted by molar-refractivity contribution is -0.162. The Morgan fingerprint density at radius 2 is 2.06 bits per heavy atom. The van der Waals surface area contributed by atoms with Crippen molar-refractivity contribution < 1.29 is 27.8 Å². The van der Waals surface area contributed by atoms with Gasteiger partial charge in [-0.2, -0.15) is 13.9 Å². The Morgan fingerprint density at radius 3 is 2.71 bits per heavy atom. The maximum absolute atomic E-state index is 13.5. The quantitative estimate of drug-likeness (QED) is 0.473. The van der Waals surface area contributed by atoms with Crippen LogP contribution in [0.25, 0.3) is 21.9 Å². The van der Waals surface area contributed by atoms with Gasteiger partial charge in [-0.15, -0.1) is 0 Å². The monoisotopic (exact) mass is 485 g/mol. The predicted molar refractivity (Wildman–Crippen MR) is 122 cm³/mol. The zero-order valence-electron chi connectivity index (χ0n) is 19.3. The number of aromatic nitrogens is 3. The number of hydrogen-bond acceptors (Lipinski definition) is 6. The largest absolute Gasteiger partial charge is 0.445 e. The highest BCUT2D eigenvalue weighted by Crippen LogP contribution is 2.38. The first-order valence-corrected chi connectivity index (χ1v) is 11.3. The van der Waals surface area contributed by atoms with Crippen molar-refractivity contribution in [2.24, 2.45) is 5.73 Å². The number of nitrogens with zero attached hydrogens (tertiary/aromatic N) is 3. The van der Waals surface area contributed by atoms with Gasteiger partial charge in [0, 0.05) is 54.7 Å². The lowest BCUT2D eigenvalue weighted by Crippen LogP contribution is -2.38. The molecule has 1 saturated carbocycles. The van der Waals surface area contributed by atoms with Crippen LogP contribution in [0, 0.1) is 0 Å². The average Bonchev–Trinajstić information content (AvgIpc) is 3.47. The van der Waals surface area contributed by atoms with Gasteiger partial charge in [-0.25, -0.2) is 4.98 Å². The zero-order chi connectivity index (χ0) is 25.0. The summed E-state index contributed by atoms with van der Waals surface area (Å²) in [5, 5.41) is 7.98. The average molecular weight is 485 g/mol. The molecule has 2 aliphatic rings. The van der Waals surface area contributed by atoms with E-state index in [-0.39, 0.29) is 12.5 Å². The van der Waals surface area contributed by atoms with Crippen LogP contribution in [0.1, 0.15) is 49.5 Å². The van der Waals surface area contributed by atoms with Gasteiger partial charge in [-0.3, -0.25) is 14.3 Å². The van der Waals surface area contributed by atoms with E-state index in [9.17, 15) is 18.4 Å². The zero-order valence-corrected chi connectivity index (χ0v) is 19.3. The summed E-state index contributed by atoms with van der Waals surface area (Å²) in [7, 11) is 0. The van der Waals surface area contributed by atoms with Crippen molar-refractivity contribution in [1.82, 2.24) is 20.1 Å². The molecule has 2 amide bonds. The van der Waals surface area contributed by atoms with Crippen LogP contribution in [-0.2, 0) is 9.53 Å². The highest BCUT2D eigenvalue weighted by Gasteiger charge is 2.48. The van der Waals surface area contributed by atoms with Crippen molar-refractivity contribution in [2.45, 2.75) is 56.9 Å². The Labute approximate surface area is 199 Å². The normalized spacial score (nSPS) is 19.7. The van der Waals surface area contributed by atoms with Crippen molar-refractivity contribution in [3.05, 3.63) is 42.4 Å². The Hall–Kier alpha value is -3.60. The molecule has 11 heteroatoms. The number of halogens is 2. The number of nitrogens with one attached hydrogen (secondary N) is 1. The van der Waals surface area contributed by atoms with E-state index in [1.807, 2.05) is 10.9 Å². The molecule has 0 radical (unpaired) electrons. The minimum Gasteiger partial charge on any atom is -0.445 e. The second-order valence-corrected chi connectivity index (χ2v) is 9.43. The first kappa shape index (κ1) is 23.2. The molecule has 1 atom stereocenters. The number of alkyl halides is 2. The van der Waals surface area contributed by atoms with Crippen LogP contribution in [0.3, 0.4) is 0 Å². The number of fused-ring (bicyclic) bond motifs is 1. The number of nitrogens with two attached hydrogens (primary N) is 1. The van der Waals surface area contributed by atoms with Gasteiger partial charge in [0.05, 0.1) is 24.9 Å². The summed E-state index contributed by atoms with van der Waals surface area (Å²) >= 11 is 0. The smallest absolute Gasteiger partial charge is 0.326 e. The van der Waals surface area contributed by atoms with E-state index in [0.29, 0.717) is 22.4 Å². The molecule has 1 aliphatic heterocycles. The number of carbonyl (C=O) groups is 2. The van der Waals surface area contributed by atoms with E-state index >= 15 is 0 Å². The third-order valence-corrected chi connectivity index (χ3v) is 6.11. The van der Waals surface area contributed by atoms with Gasteiger partial charge in [0.2, 0.25) is 17.6 Å². The molecule has 3 N–H and O–H groups in total. The van der Waals surface area contributed by atoms with Gasteiger partial charge < -0.3 is 20.5 Å². The molecule has 0 bridgehead atoms. The molecule has 1 saturated heterocycles. The molecule has 0 unspecified atom stereocenters. The second-order valence-electron chi connectivity index (χ2n) is 9.43. The minimum atomic E-state index is -3.40. The molecule has 1 aliphatic carbocycles. The van der Waals surface area contributed by atoms with Crippen LogP contribution < -0.4 is 15.8 Å². The first-order chi connectivity index (χ1) is 16.5. The highest BCUT2D eigenvalue weighted by atomic mass is 19.3. The molecule has 0 spiro atoms. The maximum Gasteiger partial charge on any atom is 0.326 e. The molecule has 3 heterocycles. The number of hydrogen-bond donors (Lipinski definition) is 2.